The number of benzene rings is 1. The molecule has 2 aromatic rings. The van der Waals surface area contributed by atoms with Gasteiger partial charge in [0.05, 0.1) is 6.42 Å². The van der Waals surface area contributed by atoms with E-state index in [1.54, 1.807) is 6.20 Å². The third kappa shape index (κ3) is 2.63. The zero-order valence-corrected chi connectivity index (χ0v) is 9.41. The van der Waals surface area contributed by atoms with Crippen molar-refractivity contribution in [3.05, 3.63) is 36.0 Å². The SMILES string of the molecule is CC(=O)NNC(=O)Cc1c[nH]c2ccccc12. The van der Waals surface area contributed by atoms with E-state index in [9.17, 15) is 9.59 Å². The van der Waals surface area contributed by atoms with E-state index in [1.165, 1.54) is 6.92 Å². The van der Waals surface area contributed by atoms with Crippen LogP contribution in [-0.4, -0.2) is 16.8 Å². The lowest BCUT2D eigenvalue weighted by Crippen LogP contribution is -2.41. The standard InChI is InChI=1S/C12H13N3O2/c1-8(16)14-15-12(17)6-9-7-13-11-5-3-2-4-10(9)11/h2-5,7,13H,6H2,1H3,(H,14,16)(H,15,17). The largest absolute Gasteiger partial charge is 0.361 e. The second-order valence-corrected chi connectivity index (χ2v) is 3.77. The smallest absolute Gasteiger partial charge is 0.242 e. The Labute approximate surface area is 98.2 Å². The van der Waals surface area contributed by atoms with Crippen molar-refractivity contribution in [3.8, 4) is 0 Å². The number of H-pyrrole nitrogens is 1. The summed E-state index contributed by atoms with van der Waals surface area (Å²) in [6.45, 7) is 1.34. The molecule has 17 heavy (non-hydrogen) atoms. The molecule has 0 radical (unpaired) electrons. The van der Waals surface area contributed by atoms with E-state index in [4.69, 9.17) is 0 Å². The summed E-state index contributed by atoms with van der Waals surface area (Å²) in [7, 11) is 0. The molecule has 0 atom stereocenters. The minimum atomic E-state index is -0.294. The van der Waals surface area contributed by atoms with Crippen molar-refractivity contribution in [1.82, 2.24) is 15.8 Å². The number of nitrogens with one attached hydrogen (secondary N) is 3. The van der Waals surface area contributed by atoms with Gasteiger partial charge in [-0.1, -0.05) is 18.2 Å². The molecule has 0 bridgehead atoms. The van der Waals surface area contributed by atoms with Gasteiger partial charge < -0.3 is 4.98 Å². The number of hydrogen-bond acceptors (Lipinski definition) is 2. The maximum Gasteiger partial charge on any atom is 0.242 e. The van der Waals surface area contributed by atoms with E-state index in [0.29, 0.717) is 0 Å². The molecule has 2 amide bonds. The highest BCUT2D eigenvalue weighted by atomic mass is 16.2. The van der Waals surface area contributed by atoms with E-state index in [1.807, 2.05) is 24.3 Å². The average Bonchev–Trinajstić information content (AvgIpc) is 2.70. The molecule has 0 aliphatic rings. The van der Waals surface area contributed by atoms with Gasteiger partial charge >= 0.3 is 0 Å². The molecule has 0 saturated heterocycles. The Hall–Kier alpha value is -2.30. The molecule has 0 aliphatic carbocycles. The second-order valence-electron chi connectivity index (χ2n) is 3.77. The Morgan fingerprint density at radius 1 is 1.24 bits per heavy atom. The first-order valence-corrected chi connectivity index (χ1v) is 5.27. The highest BCUT2D eigenvalue weighted by molar-refractivity contribution is 5.89. The summed E-state index contributed by atoms with van der Waals surface area (Å²) in [5.41, 5.74) is 6.49. The minimum absolute atomic E-state index is 0.226. The number of carbonyl (C=O) groups excluding carboxylic acids is 2. The Kier molecular flexibility index (Phi) is 3.09. The van der Waals surface area contributed by atoms with Crippen LogP contribution in [0.25, 0.3) is 10.9 Å². The third-order valence-corrected chi connectivity index (χ3v) is 2.40. The van der Waals surface area contributed by atoms with E-state index in [0.717, 1.165) is 16.5 Å². The van der Waals surface area contributed by atoms with Gasteiger partial charge in [-0.05, 0) is 11.6 Å². The normalized spacial score (nSPS) is 10.2. The fourth-order valence-corrected chi connectivity index (χ4v) is 1.65. The number of rotatable bonds is 2. The van der Waals surface area contributed by atoms with Crippen LogP contribution < -0.4 is 10.9 Å². The van der Waals surface area contributed by atoms with Crippen molar-refractivity contribution in [2.45, 2.75) is 13.3 Å². The lowest BCUT2D eigenvalue weighted by Gasteiger charge is -2.03. The molecule has 5 nitrogen and oxygen atoms in total. The van der Waals surface area contributed by atoms with Gasteiger partial charge in [0.1, 0.15) is 0 Å². The van der Waals surface area contributed by atoms with Crippen LogP contribution in [0.15, 0.2) is 30.5 Å². The monoisotopic (exact) mass is 231 g/mol. The molecule has 0 unspecified atom stereocenters. The third-order valence-electron chi connectivity index (χ3n) is 2.40. The minimum Gasteiger partial charge on any atom is -0.361 e. The van der Waals surface area contributed by atoms with E-state index < -0.39 is 0 Å². The van der Waals surface area contributed by atoms with Gasteiger partial charge in [0, 0.05) is 24.0 Å². The molecular formula is C12H13N3O2. The molecule has 0 fully saturated rings. The summed E-state index contributed by atoms with van der Waals surface area (Å²) in [6, 6.07) is 7.75. The Balaban J connectivity index is 2.08. The van der Waals surface area contributed by atoms with Crippen LogP contribution in [0, 0.1) is 0 Å². The van der Waals surface area contributed by atoms with Gasteiger partial charge in [0.15, 0.2) is 0 Å². The summed E-state index contributed by atoms with van der Waals surface area (Å²) in [5.74, 6) is -0.540. The van der Waals surface area contributed by atoms with Crippen molar-refractivity contribution in [3.63, 3.8) is 0 Å². The molecule has 0 saturated carbocycles. The van der Waals surface area contributed by atoms with Crippen molar-refractivity contribution in [2.24, 2.45) is 0 Å². The first kappa shape index (κ1) is 11.2. The fourth-order valence-electron chi connectivity index (χ4n) is 1.65. The van der Waals surface area contributed by atoms with Gasteiger partial charge in [0.25, 0.3) is 0 Å². The number of hydrazine groups is 1. The van der Waals surface area contributed by atoms with Crippen LogP contribution in [0.4, 0.5) is 0 Å². The predicted octanol–water partition coefficient (Wildman–Crippen LogP) is 0.878. The quantitative estimate of drug-likeness (QED) is 0.671. The Morgan fingerprint density at radius 3 is 2.76 bits per heavy atom. The molecule has 5 heteroatoms. The van der Waals surface area contributed by atoms with Crippen molar-refractivity contribution in [2.75, 3.05) is 0 Å². The number of aromatic nitrogens is 1. The number of fused-ring (bicyclic) bond motifs is 1. The van der Waals surface area contributed by atoms with Crippen molar-refractivity contribution in [1.29, 1.82) is 0 Å². The molecule has 1 heterocycles. The molecule has 88 valence electrons. The van der Waals surface area contributed by atoms with Crippen LogP contribution >= 0.6 is 0 Å². The Morgan fingerprint density at radius 2 is 2.00 bits per heavy atom. The molecule has 0 aliphatic heterocycles. The van der Waals surface area contributed by atoms with E-state index >= 15 is 0 Å². The first-order chi connectivity index (χ1) is 8.16. The van der Waals surface area contributed by atoms with Crippen LogP contribution in [0.3, 0.4) is 0 Å². The maximum absolute atomic E-state index is 11.5. The van der Waals surface area contributed by atoms with Gasteiger partial charge in [-0.3, -0.25) is 20.4 Å². The summed E-state index contributed by atoms with van der Waals surface area (Å²) >= 11 is 0. The maximum atomic E-state index is 11.5. The summed E-state index contributed by atoms with van der Waals surface area (Å²) in [4.78, 5) is 25.2. The number of amides is 2. The molecular weight excluding hydrogens is 218 g/mol. The highest BCUT2D eigenvalue weighted by Gasteiger charge is 2.08. The molecule has 0 spiro atoms. The van der Waals surface area contributed by atoms with E-state index in [-0.39, 0.29) is 18.2 Å². The lowest BCUT2D eigenvalue weighted by molar-refractivity contribution is -0.127. The summed E-state index contributed by atoms with van der Waals surface area (Å²) in [6.07, 6.45) is 2.03. The Bertz CT molecular complexity index is 560. The molecule has 3 N–H and O–H groups in total. The van der Waals surface area contributed by atoms with Crippen LogP contribution in [0.2, 0.25) is 0 Å². The van der Waals surface area contributed by atoms with Gasteiger partial charge in [-0.25, -0.2) is 0 Å². The molecule has 1 aromatic heterocycles. The van der Waals surface area contributed by atoms with Gasteiger partial charge in [-0.15, -0.1) is 0 Å². The highest BCUT2D eigenvalue weighted by Crippen LogP contribution is 2.17. The van der Waals surface area contributed by atoms with Crippen molar-refractivity contribution >= 4 is 22.7 Å². The van der Waals surface area contributed by atoms with Gasteiger partial charge in [-0.2, -0.15) is 0 Å². The van der Waals surface area contributed by atoms with Gasteiger partial charge in [0.2, 0.25) is 11.8 Å². The predicted molar refractivity (Wildman–Crippen MR) is 64.0 cm³/mol. The summed E-state index contributed by atoms with van der Waals surface area (Å²) in [5, 5.41) is 1.02. The number of aromatic amines is 1. The van der Waals surface area contributed by atoms with Crippen LogP contribution in [0.5, 0.6) is 0 Å². The van der Waals surface area contributed by atoms with E-state index in [2.05, 4.69) is 15.8 Å². The molecule has 2 rings (SSSR count). The number of carbonyl (C=O) groups is 2. The second kappa shape index (κ2) is 4.69. The van der Waals surface area contributed by atoms with Crippen molar-refractivity contribution < 1.29 is 9.59 Å². The zero-order valence-electron chi connectivity index (χ0n) is 9.41. The summed E-state index contributed by atoms with van der Waals surface area (Å²) < 4.78 is 0. The first-order valence-electron chi connectivity index (χ1n) is 5.27. The fraction of sp³-hybridized carbons (Fsp3) is 0.167. The zero-order chi connectivity index (χ0) is 12.3. The number of para-hydroxylation sites is 1. The topological polar surface area (TPSA) is 74.0 Å². The number of hydrogen-bond donors (Lipinski definition) is 3. The average molecular weight is 231 g/mol. The lowest BCUT2D eigenvalue weighted by atomic mass is 10.1. The molecule has 1 aromatic carbocycles. The van der Waals surface area contributed by atoms with Crippen LogP contribution in [0.1, 0.15) is 12.5 Å². The van der Waals surface area contributed by atoms with Crippen LogP contribution in [-0.2, 0) is 16.0 Å².